The Bertz CT molecular complexity index is 973. The van der Waals surface area contributed by atoms with Crippen LogP contribution in [0, 0.1) is 17.3 Å². The molecule has 34 heavy (non-hydrogen) atoms. The molecule has 4 bridgehead atoms. The van der Waals surface area contributed by atoms with E-state index in [0.717, 1.165) is 44.3 Å². The molecule has 1 aromatic rings. The smallest absolute Gasteiger partial charge is 0.317 e. The summed E-state index contributed by atoms with van der Waals surface area (Å²) in [6.45, 7) is 5.96. The molecule has 5 atom stereocenters. The lowest BCUT2D eigenvalue weighted by Crippen LogP contribution is -2.70. The number of amides is 2. The van der Waals surface area contributed by atoms with Gasteiger partial charge in [-0.15, -0.1) is 0 Å². The second-order valence-corrected chi connectivity index (χ2v) is 12.0. The molecule has 0 spiro atoms. The van der Waals surface area contributed by atoms with Gasteiger partial charge in [0.25, 0.3) is 0 Å². The van der Waals surface area contributed by atoms with Gasteiger partial charge < -0.3 is 20.3 Å². The molecule has 2 aliphatic heterocycles. The molecule has 1 aromatic carbocycles. The minimum Gasteiger partial charge on any atom is -0.497 e. The van der Waals surface area contributed by atoms with Gasteiger partial charge in [0.15, 0.2) is 0 Å². The molecule has 2 saturated heterocycles. The molecule has 6 heteroatoms. The number of urea groups is 1. The van der Waals surface area contributed by atoms with Gasteiger partial charge in [0.05, 0.1) is 7.11 Å². The van der Waals surface area contributed by atoms with Crippen LogP contribution in [-0.4, -0.2) is 74.3 Å². The number of likely N-dealkylation sites (tertiary alicyclic amines) is 1. The summed E-state index contributed by atoms with van der Waals surface area (Å²) in [5.74, 6) is 2.46. The Morgan fingerprint density at radius 3 is 2.74 bits per heavy atom. The van der Waals surface area contributed by atoms with Gasteiger partial charge in [-0.2, -0.15) is 0 Å². The van der Waals surface area contributed by atoms with E-state index in [2.05, 4.69) is 33.7 Å². The Balaban J connectivity index is 1.26. The molecule has 0 aromatic heterocycles. The Kier molecular flexibility index (Phi) is 4.97. The molecule has 0 radical (unpaired) electrons. The van der Waals surface area contributed by atoms with Crippen molar-refractivity contribution in [1.82, 2.24) is 20.4 Å². The molecule has 7 rings (SSSR count). The van der Waals surface area contributed by atoms with Gasteiger partial charge in [-0.3, -0.25) is 4.90 Å². The molecule has 5 unspecified atom stereocenters. The van der Waals surface area contributed by atoms with Crippen molar-refractivity contribution >= 4 is 6.03 Å². The number of piperazine rings is 1. The second-order valence-electron chi connectivity index (χ2n) is 12.0. The van der Waals surface area contributed by atoms with Gasteiger partial charge in [-0.25, -0.2) is 4.79 Å². The SMILES string of the molecule is COc1ccc2c(c1)C13CCN(CC4CC4)C(C2)C12CCC(NC(=O)N1CCNCC1)C3CC2. The number of hydrogen-bond acceptors (Lipinski definition) is 4. The highest BCUT2D eigenvalue weighted by Crippen LogP contribution is 2.72. The number of carbonyl (C=O) groups excluding carboxylic acids is 1. The van der Waals surface area contributed by atoms with E-state index in [0.29, 0.717) is 17.4 Å². The average Bonchev–Trinajstić information content (AvgIpc) is 3.65. The van der Waals surface area contributed by atoms with Crippen LogP contribution in [0.5, 0.6) is 5.75 Å². The summed E-state index contributed by atoms with van der Waals surface area (Å²) in [5, 5.41) is 6.94. The summed E-state index contributed by atoms with van der Waals surface area (Å²) in [4.78, 5) is 18.2. The van der Waals surface area contributed by atoms with E-state index in [4.69, 9.17) is 4.74 Å². The fraction of sp³-hybridized carbons (Fsp3) is 0.750. The minimum atomic E-state index is 0.159. The quantitative estimate of drug-likeness (QED) is 0.719. The van der Waals surface area contributed by atoms with Crippen LogP contribution in [0.1, 0.15) is 56.1 Å². The lowest BCUT2D eigenvalue weighted by atomic mass is 9.43. The number of methoxy groups -OCH3 is 1. The standard InChI is InChI=1S/C28H40N4O2/c1-34-21-5-4-20-16-25-27-8-6-22(24(7-9-27)30-26(33)31-14-11-29-12-15-31)28(27,23(20)17-21)10-13-32(25)18-19-2-3-19/h4-5,17,19,22,24-25,29H,2-3,6-16,18H2,1H3,(H,30,33). The third kappa shape index (κ3) is 2.97. The highest BCUT2D eigenvalue weighted by Gasteiger charge is 2.71. The van der Waals surface area contributed by atoms with Crippen LogP contribution in [-0.2, 0) is 11.8 Å². The summed E-state index contributed by atoms with van der Waals surface area (Å²) < 4.78 is 5.74. The van der Waals surface area contributed by atoms with Crippen molar-refractivity contribution in [2.24, 2.45) is 17.3 Å². The first-order chi connectivity index (χ1) is 16.6. The molecule has 6 nitrogen and oxygen atoms in total. The maximum Gasteiger partial charge on any atom is 0.317 e. The number of rotatable bonds is 4. The van der Waals surface area contributed by atoms with E-state index in [9.17, 15) is 4.79 Å². The number of piperidine rings is 1. The third-order valence-electron chi connectivity index (χ3n) is 10.8. The fourth-order valence-corrected chi connectivity index (χ4v) is 9.20. The number of nitrogens with zero attached hydrogens (tertiary/aromatic N) is 2. The lowest BCUT2D eigenvalue weighted by Gasteiger charge is -2.66. The Labute approximate surface area is 203 Å². The molecule has 6 aliphatic rings. The largest absolute Gasteiger partial charge is 0.497 e. The Morgan fingerprint density at radius 1 is 1.12 bits per heavy atom. The molecule has 2 amide bonds. The second kappa shape index (κ2) is 7.86. The summed E-state index contributed by atoms with van der Waals surface area (Å²) in [5.41, 5.74) is 3.65. The maximum atomic E-state index is 13.3. The zero-order chi connectivity index (χ0) is 22.9. The summed E-state index contributed by atoms with van der Waals surface area (Å²) >= 11 is 0. The Morgan fingerprint density at radius 2 is 1.94 bits per heavy atom. The lowest BCUT2D eigenvalue weighted by molar-refractivity contribution is -0.0948. The van der Waals surface area contributed by atoms with Crippen LogP contribution in [0.15, 0.2) is 18.2 Å². The van der Waals surface area contributed by atoms with Gasteiger partial charge in [0.2, 0.25) is 0 Å². The van der Waals surface area contributed by atoms with E-state index < -0.39 is 0 Å². The van der Waals surface area contributed by atoms with Crippen LogP contribution in [0.2, 0.25) is 0 Å². The molecular formula is C28H40N4O2. The van der Waals surface area contributed by atoms with E-state index >= 15 is 0 Å². The van der Waals surface area contributed by atoms with Gasteiger partial charge in [0.1, 0.15) is 5.75 Å². The molecule has 4 aliphatic carbocycles. The van der Waals surface area contributed by atoms with Gasteiger partial charge >= 0.3 is 6.03 Å². The van der Waals surface area contributed by atoms with E-state index in [-0.39, 0.29) is 17.5 Å². The first kappa shape index (κ1) is 21.5. The molecule has 184 valence electrons. The van der Waals surface area contributed by atoms with Crippen LogP contribution in [0.3, 0.4) is 0 Å². The number of ether oxygens (including phenoxy) is 1. The van der Waals surface area contributed by atoms with Gasteiger partial charge in [0, 0.05) is 50.2 Å². The maximum absolute atomic E-state index is 13.3. The highest BCUT2D eigenvalue weighted by molar-refractivity contribution is 5.75. The van der Waals surface area contributed by atoms with Crippen molar-refractivity contribution in [3.63, 3.8) is 0 Å². The Hall–Kier alpha value is -1.79. The number of nitrogens with one attached hydrogen (secondary N) is 2. The number of carbonyl (C=O) groups is 1. The third-order valence-corrected chi connectivity index (χ3v) is 10.8. The van der Waals surface area contributed by atoms with Crippen LogP contribution >= 0.6 is 0 Å². The number of benzene rings is 1. The summed E-state index contributed by atoms with van der Waals surface area (Å²) in [6, 6.07) is 8.02. The zero-order valence-corrected chi connectivity index (χ0v) is 20.7. The minimum absolute atomic E-state index is 0.159. The highest BCUT2D eigenvalue weighted by atomic mass is 16.5. The van der Waals surface area contributed by atoms with E-state index in [1.165, 1.54) is 58.0 Å². The molecular weight excluding hydrogens is 424 g/mol. The molecule has 5 fully saturated rings. The van der Waals surface area contributed by atoms with Crippen LogP contribution in [0.4, 0.5) is 4.79 Å². The zero-order valence-electron chi connectivity index (χ0n) is 20.7. The average molecular weight is 465 g/mol. The van der Waals surface area contributed by atoms with Crippen molar-refractivity contribution in [3.8, 4) is 5.75 Å². The van der Waals surface area contributed by atoms with E-state index in [1.807, 2.05) is 4.90 Å². The first-order valence-corrected chi connectivity index (χ1v) is 13.8. The van der Waals surface area contributed by atoms with Crippen molar-refractivity contribution in [2.45, 2.75) is 68.9 Å². The van der Waals surface area contributed by atoms with E-state index in [1.54, 1.807) is 18.2 Å². The summed E-state index contributed by atoms with van der Waals surface area (Å²) in [7, 11) is 1.80. The topological polar surface area (TPSA) is 56.8 Å². The van der Waals surface area contributed by atoms with Crippen molar-refractivity contribution < 1.29 is 9.53 Å². The van der Waals surface area contributed by atoms with Gasteiger partial charge in [-0.1, -0.05) is 6.07 Å². The monoisotopic (exact) mass is 464 g/mol. The van der Waals surface area contributed by atoms with Crippen LogP contribution < -0.4 is 15.4 Å². The number of fused-ring (bicyclic) bond motifs is 1. The number of hydrogen-bond donors (Lipinski definition) is 2. The van der Waals surface area contributed by atoms with Crippen LogP contribution in [0.25, 0.3) is 0 Å². The first-order valence-electron chi connectivity index (χ1n) is 13.8. The predicted molar refractivity (Wildman–Crippen MR) is 132 cm³/mol. The predicted octanol–water partition coefficient (Wildman–Crippen LogP) is 3.15. The molecule has 3 saturated carbocycles. The van der Waals surface area contributed by atoms with Crippen molar-refractivity contribution in [2.75, 3.05) is 46.4 Å². The normalized spacial score (nSPS) is 38.7. The van der Waals surface area contributed by atoms with Gasteiger partial charge in [-0.05, 0) is 98.4 Å². The van der Waals surface area contributed by atoms with Crippen molar-refractivity contribution in [3.05, 3.63) is 29.3 Å². The van der Waals surface area contributed by atoms with Crippen molar-refractivity contribution in [1.29, 1.82) is 0 Å². The fourth-order valence-electron chi connectivity index (χ4n) is 9.20. The molecule has 2 heterocycles. The summed E-state index contributed by atoms with van der Waals surface area (Å²) in [6.07, 6.45) is 10.2. The molecule has 2 N–H and O–H groups in total.